The van der Waals surface area contributed by atoms with E-state index in [0.717, 1.165) is 38.8 Å². The predicted molar refractivity (Wildman–Crippen MR) is 90.2 cm³/mol. The Morgan fingerprint density at radius 3 is 2.43 bits per heavy atom. The van der Waals surface area contributed by atoms with E-state index in [2.05, 4.69) is 39.9 Å². The number of carbonyl (C=O) groups excluding carboxylic acids is 1. The maximum atomic E-state index is 12.5. The quantitative estimate of drug-likeness (QED) is 0.834. The van der Waals surface area contributed by atoms with Gasteiger partial charge in [0.1, 0.15) is 0 Å². The highest BCUT2D eigenvalue weighted by atomic mass is 16.2. The summed E-state index contributed by atoms with van der Waals surface area (Å²) in [5.74, 6) is 1.17. The Labute approximate surface area is 139 Å². The second-order valence-electron chi connectivity index (χ2n) is 7.17. The molecule has 2 aliphatic rings. The summed E-state index contributed by atoms with van der Waals surface area (Å²) in [6.07, 6.45) is 11.2. The maximum absolute atomic E-state index is 12.5. The Bertz CT molecular complexity index is 509. The third-order valence-electron chi connectivity index (χ3n) is 5.79. The molecule has 5 nitrogen and oxygen atoms in total. The molecule has 128 valence electrons. The molecule has 5 heteroatoms. The van der Waals surface area contributed by atoms with Gasteiger partial charge in [-0.1, -0.05) is 31.9 Å². The molecule has 3 rings (SSSR count). The third kappa shape index (κ3) is 3.59. The fraction of sp³-hybridized carbons (Fsp3) is 0.833. The van der Waals surface area contributed by atoms with Crippen molar-refractivity contribution in [2.45, 2.75) is 77.2 Å². The first kappa shape index (κ1) is 16.5. The molecule has 2 heterocycles. The van der Waals surface area contributed by atoms with E-state index >= 15 is 0 Å². The highest BCUT2D eigenvalue weighted by molar-refractivity contribution is 5.78. The van der Waals surface area contributed by atoms with Gasteiger partial charge in [-0.05, 0) is 38.5 Å². The first-order valence-corrected chi connectivity index (χ1v) is 9.43. The second-order valence-corrected chi connectivity index (χ2v) is 7.17. The SMILES string of the molecule is CCC(CC)C(=O)N1CCC(n2cc(C3CCCC3)nn2)CC1. The highest BCUT2D eigenvalue weighted by Gasteiger charge is 2.28. The van der Waals surface area contributed by atoms with Gasteiger partial charge in [-0.3, -0.25) is 4.79 Å². The van der Waals surface area contributed by atoms with Gasteiger partial charge in [0, 0.05) is 31.1 Å². The van der Waals surface area contributed by atoms with Crippen molar-refractivity contribution in [3.8, 4) is 0 Å². The number of rotatable bonds is 5. The van der Waals surface area contributed by atoms with Crippen molar-refractivity contribution in [3.05, 3.63) is 11.9 Å². The first-order valence-electron chi connectivity index (χ1n) is 9.43. The van der Waals surface area contributed by atoms with Crippen molar-refractivity contribution in [2.75, 3.05) is 13.1 Å². The summed E-state index contributed by atoms with van der Waals surface area (Å²) in [6.45, 7) is 5.94. The predicted octanol–water partition coefficient (Wildman–Crippen LogP) is 3.54. The van der Waals surface area contributed by atoms with Gasteiger partial charge in [-0.25, -0.2) is 4.68 Å². The van der Waals surface area contributed by atoms with Gasteiger partial charge in [0.25, 0.3) is 0 Å². The number of aromatic nitrogens is 3. The Morgan fingerprint density at radius 2 is 1.83 bits per heavy atom. The molecule has 1 aromatic rings. The van der Waals surface area contributed by atoms with Gasteiger partial charge in [-0.15, -0.1) is 5.10 Å². The van der Waals surface area contributed by atoms with Gasteiger partial charge in [0.05, 0.1) is 11.7 Å². The molecule has 23 heavy (non-hydrogen) atoms. The molecule has 0 aromatic carbocycles. The Hall–Kier alpha value is -1.39. The van der Waals surface area contributed by atoms with Crippen LogP contribution in [0.15, 0.2) is 6.20 Å². The van der Waals surface area contributed by atoms with Crippen LogP contribution in [0.4, 0.5) is 0 Å². The standard InChI is InChI=1S/C18H30N4O/c1-3-14(4-2)18(23)21-11-9-16(10-12-21)22-13-17(19-20-22)15-7-5-6-8-15/h13-16H,3-12H2,1-2H3. The summed E-state index contributed by atoms with van der Waals surface area (Å²) in [4.78, 5) is 14.5. The fourth-order valence-electron chi connectivity index (χ4n) is 4.12. The van der Waals surface area contributed by atoms with Gasteiger partial charge < -0.3 is 4.90 Å². The monoisotopic (exact) mass is 318 g/mol. The molecule has 1 aromatic heterocycles. The maximum Gasteiger partial charge on any atom is 0.225 e. The molecule has 1 saturated carbocycles. The Kier molecular flexibility index (Phi) is 5.34. The van der Waals surface area contributed by atoms with Crippen LogP contribution in [0.2, 0.25) is 0 Å². The Balaban J connectivity index is 1.55. The minimum atomic E-state index is 0.201. The Morgan fingerprint density at radius 1 is 1.17 bits per heavy atom. The number of piperidine rings is 1. The van der Waals surface area contributed by atoms with Gasteiger partial charge in [0.15, 0.2) is 0 Å². The lowest BCUT2D eigenvalue weighted by molar-refractivity contribution is -0.137. The van der Waals surface area contributed by atoms with E-state index in [1.165, 1.54) is 31.4 Å². The summed E-state index contributed by atoms with van der Waals surface area (Å²) in [5.41, 5.74) is 1.18. The van der Waals surface area contributed by atoms with E-state index in [9.17, 15) is 4.79 Å². The van der Waals surface area contributed by atoms with Crippen LogP contribution in [0.3, 0.4) is 0 Å². The van der Waals surface area contributed by atoms with Crippen LogP contribution in [-0.2, 0) is 4.79 Å². The van der Waals surface area contributed by atoms with Crippen LogP contribution < -0.4 is 0 Å². The summed E-state index contributed by atoms with van der Waals surface area (Å²) in [7, 11) is 0. The van der Waals surface area contributed by atoms with Gasteiger partial charge in [0.2, 0.25) is 5.91 Å². The lowest BCUT2D eigenvalue weighted by Gasteiger charge is -2.33. The van der Waals surface area contributed by atoms with Crippen molar-refractivity contribution < 1.29 is 4.79 Å². The minimum Gasteiger partial charge on any atom is -0.342 e. The largest absolute Gasteiger partial charge is 0.342 e. The summed E-state index contributed by atoms with van der Waals surface area (Å²) < 4.78 is 2.06. The number of carbonyl (C=O) groups is 1. The molecule has 0 unspecified atom stereocenters. The molecule has 0 spiro atoms. The van der Waals surface area contributed by atoms with E-state index < -0.39 is 0 Å². The molecule has 2 fully saturated rings. The molecule has 0 N–H and O–H groups in total. The first-order chi connectivity index (χ1) is 11.2. The van der Waals surface area contributed by atoms with E-state index in [0.29, 0.717) is 17.9 Å². The normalized spacial score (nSPS) is 20.6. The van der Waals surface area contributed by atoms with Crippen LogP contribution in [-0.4, -0.2) is 38.9 Å². The smallest absolute Gasteiger partial charge is 0.225 e. The van der Waals surface area contributed by atoms with Crippen molar-refractivity contribution in [2.24, 2.45) is 5.92 Å². The lowest BCUT2D eigenvalue weighted by Crippen LogP contribution is -2.42. The van der Waals surface area contributed by atoms with Crippen LogP contribution >= 0.6 is 0 Å². The zero-order valence-corrected chi connectivity index (χ0v) is 14.6. The minimum absolute atomic E-state index is 0.201. The third-order valence-corrected chi connectivity index (χ3v) is 5.79. The zero-order valence-electron chi connectivity index (χ0n) is 14.6. The van der Waals surface area contributed by atoms with Crippen molar-refractivity contribution in [1.29, 1.82) is 0 Å². The molecule has 1 aliphatic carbocycles. The molecule has 1 amide bonds. The lowest BCUT2D eigenvalue weighted by atomic mass is 9.98. The molecular weight excluding hydrogens is 288 g/mol. The van der Waals surface area contributed by atoms with E-state index in [1.54, 1.807) is 0 Å². The van der Waals surface area contributed by atoms with Crippen LogP contribution in [0.25, 0.3) is 0 Å². The zero-order chi connectivity index (χ0) is 16.2. The summed E-state index contributed by atoms with van der Waals surface area (Å²) >= 11 is 0. The van der Waals surface area contributed by atoms with E-state index in [-0.39, 0.29) is 5.92 Å². The molecule has 1 saturated heterocycles. The fourth-order valence-corrected chi connectivity index (χ4v) is 4.12. The summed E-state index contributed by atoms with van der Waals surface area (Å²) in [5, 5.41) is 8.80. The van der Waals surface area contributed by atoms with Crippen LogP contribution in [0.5, 0.6) is 0 Å². The highest BCUT2D eigenvalue weighted by Crippen LogP contribution is 2.33. The molecular formula is C18H30N4O. The van der Waals surface area contributed by atoms with Gasteiger partial charge in [-0.2, -0.15) is 0 Å². The molecule has 0 atom stereocenters. The average molecular weight is 318 g/mol. The average Bonchev–Trinajstić information content (AvgIpc) is 3.27. The number of hydrogen-bond acceptors (Lipinski definition) is 3. The molecule has 0 bridgehead atoms. The number of likely N-dealkylation sites (tertiary alicyclic amines) is 1. The van der Waals surface area contributed by atoms with Crippen molar-refractivity contribution >= 4 is 5.91 Å². The van der Waals surface area contributed by atoms with Crippen LogP contribution in [0, 0.1) is 5.92 Å². The molecule has 0 radical (unpaired) electrons. The van der Waals surface area contributed by atoms with Crippen molar-refractivity contribution in [3.63, 3.8) is 0 Å². The van der Waals surface area contributed by atoms with E-state index in [4.69, 9.17) is 0 Å². The summed E-state index contributed by atoms with van der Waals surface area (Å²) in [6, 6.07) is 0.406. The number of hydrogen-bond donors (Lipinski definition) is 0. The molecule has 1 aliphatic heterocycles. The topological polar surface area (TPSA) is 51.0 Å². The van der Waals surface area contributed by atoms with Crippen LogP contribution in [0.1, 0.15) is 82.9 Å². The number of amides is 1. The van der Waals surface area contributed by atoms with E-state index in [1.807, 2.05) is 0 Å². The number of nitrogens with zero attached hydrogens (tertiary/aromatic N) is 4. The van der Waals surface area contributed by atoms with Gasteiger partial charge >= 0.3 is 0 Å². The second kappa shape index (κ2) is 7.45. The van der Waals surface area contributed by atoms with Crippen molar-refractivity contribution in [1.82, 2.24) is 19.9 Å².